The maximum atomic E-state index is 4.52. The second-order valence-corrected chi connectivity index (χ2v) is 5.92. The zero-order valence-corrected chi connectivity index (χ0v) is 13.3. The summed E-state index contributed by atoms with van der Waals surface area (Å²) in [4.78, 5) is 16.2. The second kappa shape index (κ2) is 5.53. The zero-order chi connectivity index (χ0) is 16.6. The van der Waals surface area contributed by atoms with Gasteiger partial charge < -0.3 is 4.98 Å². The molecular formula is C21H14N4. The number of hydrogen-bond acceptors (Lipinski definition) is 3. The summed E-state index contributed by atoms with van der Waals surface area (Å²) < 4.78 is 0. The van der Waals surface area contributed by atoms with Crippen molar-refractivity contribution in [3.8, 4) is 22.3 Å². The Hall–Kier alpha value is -3.53. The van der Waals surface area contributed by atoms with E-state index in [1.165, 1.54) is 0 Å². The second-order valence-electron chi connectivity index (χ2n) is 5.92. The Labute approximate surface area is 144 Å². The fourth-order valence-electron chi connectivity index (χ4n) is 3.31. The minimum atomic E-state index is 0.901. The molecule has 0 unspecified atom stereocenters. The molecule has 1 aromatic carbocycles. The highest BCUT2D eigenvalue weighted by Crippen LogP contribution is 2.33. The first-order valence-electron chi connectivity index (χ1n) is 8.12. The van der Waals surface area contributed by atoms with Crippen LogP contribution >= 0.6 is 0 Å². The van der Waals surface area contributed by atoms with Crippen molar-refractivity contribution in [3.63, 3.8) is 0 Å². The van der Waals surface area contributed by atoms with Gasteiger partial charge in [0.2, 0.25) is 0 Å². The molecule has 4 heteroatoms. The number of nitrogens with zero attached hydrogens (tertiary/aromatic N) is 3. The normalized spacial score (nSPS) is 11.2. The van der Waals surface area contributed by atoms with Gasteiger partial charge in [0.1, 0.15) is 5.65 Å². The monoisotopic (exact) mass is 322 g/mol. The van der Waals surface area contributed by atoms with E-state index in [0.717, 1.165) is 44.2 Å². The molecule has 0 aliphatic rings. The Morgan fingerprint density at radius 1 is 0.640 bits per heavy atom. The first-order valence-corrected chi connectivity index (χ1v) is 8.12. The highest BCUT2D eigenvalue weighted by atomic mass is 14.8. The van der Waals surface area contributed by atoms with Crippen LogP contribution in [0.5, 0.6) is 0 Å². The molecule has 0 aliphatic heterocycles. The molecule has 0 saturated carbocycles. The smallest absolute Gasteiger partial charge is 0.137 e. The lowest BCUT2D eigenvalue weighted by Crippen LogP contribution is -1.87. The molecule has 4 nitrogen and oxygen atoms in total. The van der Waals surface area contributed by atoms with Crippen LogP contribution in [-0.2, 0) is 0 Å². The van der Waals surface area contributed by atoms with Gasteiger partial charge in [-0.05, 0) is 64.7 Å². The van der Waals surface area contributed by atoms with E-state index in [1.807, 2.05) is 43.1 Å². The highest BCUT2D eigenvalue weighted by molar-refractivity contribution is 6.00. The van der Waals surface area contributed by atoms with E-state index >= 15 is 0 Å². The minimum Gasteiger partial charge on any atom is -0.346 e. The topological polar surface area (TPSA) is 54.5 Å². The molecule has 25 heavy (non-hydrogen) atoms. The third-order valence-corrected chi connectivity index (χ3v) is 4.50. The van der Waals surface area contributed by atoms with Crippen LogP contribution in [0.1, 0.15) is 0 Å². The van der Waals surface area contributed by atoms with E-state index in [1.54, 1.807) is 0 Å². The average molecular weight is 322 g/mol. The van der Waals surface area contributed by atoms with Gasteiger partial charge in [-0.25, -0.2) is 4.98 Å². The summed E-state index contributed by atoms with van der Waals surface area (Å²) in [6, 6.07) is 16.6. The Morgan fingerprint density at radius 3 is 2.32 bits per heavy atom. The van der Waals surface area contributed by atoms with Gasteiger partial charge in [0, 0.05) is 41.8 Å². The summed E-state index contributed by atoms with van der Waals surface area (Å²) >= 11 is 0. The van der Waals surface area contributed by atoms with Gasteiger partial charge in [-0.1, -0.05) is 6.07 Å². The van der Waals surface area contributed by atoms with Crippen molar-refractivity contribution in [2.75, 3.05) is 0 Å². The Balaban J connectivity index is 1.78. The number of rotatable bonds is 2. The van der Waals surface area contributed by atoms with Crippen molar-refractivity contribution in [3.05, 3.63) is 79.5 Å². The molecule has 5 rings (SSSR count). The van der Waals surface area contributed by atoms with E-state index in [-0.39, 0.29) is 0 Å². The molecular weight excluding hydrogens is 308 g/mol. The van der Waals surface area contributed by atoms with Crippen LogP contribution in [0.4, 0.5) is 0 Å². The van der Waals surface area contributed by atoms with Gasteiger partial charge in [0.15, 0.2) is 0 Å². The highest BCUT2D eigenvalue weighted by Gasteiger charge is 2.09. The van der Waals surface area contributed by atoms with Crippen LogP contribution in [0.3, 0.4) is 0 Å². The van der Waals surface area contributed by atoms with Gasteiger partial charge in [-0.15, -0.1) is 0 Å². The average Bonchev–Trinajstić information content (AvgIpc) is 3.17. The fraction of sp³-hybridized carbons (Fsp3) is 0. The molecule has 0 saturated heterocycles. The van der Waals surface area contributed by atoms with Crippen LogP contribution in [0.15, 0.2) is 79.5 Å². The quantitative estimate of drug-likeness (QED) is 0.506. The molecule has 4 aromatic heterocycles. The van der Waals surface area contributed by atoms with Crippen LogP contribution < -0.4 is 0 Å². The molecule has 118 valence electrons. The van der Waals surface area contributed by atoms with Gasteiger partial charge in [-0.3, -0.25) is 9.97 Å². The fourth-order valence-corrected chi connectivity index (χ4v) is 3.31. The molecule has 0 aliphatic carbocycles. The largest absolute Gasteiger partial charge is 0.346 e. The predicted octanol–water partition coefficient (Wildman–Crippen LogP) is 4.84. The number of pyridine rings is 3. The third-order valence-electron chi connectivity index (χ3n) is 4.50. The number of fused-ring (bicyclic) bond motifs is 2. The van der Waals surface area contributed by atoms with Crippen LogP contribution in [-0.4, -0.2) is 19.9 Å². The summed E-state index contributed by atoms with van der Waals surface area (Å²) in [6.45, 7) is 0. The first-order chi connectivity index (χ1) is 12.4. The van der Waals surface area contributed by atoms with Crippen LogP contribution in [0.2, 0.25) is 0 Å². The van der Waals surface area contributed by atoms with Crippen molar-refractivity contribution in [2.45, 2.75) is 0 Å². The predicted molar refractivity (Wildman–Crippen MR) is 100 cm³/mol. The lowest BCUT2D eigenvalue weighted by atomic mass is 9.97. The summed E-state index contributed by atoms with van der Waals surface area (Å²) in [5, 5.41) is 2.25. The number of benzene rings is 1. The molecule has 0 spiro atoms. The van der Waals surface area contributed by atoms with E-state index < -0.39 is 0 Å². The summed E-state index contributed by atoms with van der Waals surface area (Å²) in [5.74, 6) is 0. The first kappa shape index (κ1) is 13.9. The molecule has 0 amide bonds. The summed E-state index contributed by atoms with van der Waals surface area (Å²) in [5.41, 5.74) is 6.51. The molecule has 1 N–H and O–H groups in total. The van der Waals surface area contributed by atoms with Gasteiger partial charge in [0.25, 0.3) is 0 Å². The lowest BCUT2D eigenvalue weighted by molar-refractivity contribution is 1.32. The molecule has 0 bridgehead atoms. The van der Waals surface area contributed by atoms with E-state index in [9.17, 15) is 0 Å². The number of hydrogen-bond donors (Lipinski definition) is 1. The lowest BCUT2D eigenvalue weighted by Gasteiger charge is -2.09. The number of nitrogens with one attached hydrogen (secondary N) is 1. The summed E-state index contributed by atoms with van der Waals surface area (Å²) in [6.07, 6.45) is 9.25. The van der Waals surface area contributed by atoms with Gasteiger partial charge >= 0.3 is 0 Å². The Morgan fingerprint density at radius 2 is 1.44 bits per heavy atom. The molecule has 0 atom stereocenters. The SMILES string of the molecule is c1cc(-c2ccnc3ccc(-c4ccnc5[nH]ccc45)cc23)ccn1. The summed E-state index contributed by atoms with van der Waals surface area (Å²) in [7, 11) is 0. The molecule has 0 fully saturated rings. The number of aromatic amines is 1. The molecule has 4 heterocycles. The van der Waals surface area contributed by atoms with Crippen molar-refractivity contribution < 1.29 is 0 Å². The van der Waals surface area contributed by atoms with E-state index in [4.69, 9.17) is 0 Å². The van der Waals surface area contributed by atoms with Gasteiger partial charge in [0.05, 0.1) is 5.52 Å². The van der Waals surface area contributed by atoms with Crippen molar-refractivity contribution in [1.82, 2.24) is 19.9 Å². The minimum absolute atomic E-state index is 0.901. The maximum absolute atomic E-state index is 4.52. The van der Waals surface area contributed by atoms with Crippen LogP contribution in [0.25, 0.3) is 44.2 Å². The zero-order valence-electron chi connectivity index (χ0n) is 13.3. The van der Waals surface area contributed by atoms with Crippen LogP contribution in [0, 0.1) is 0 Å². The van der Waals surface area contributed by atoms with E-state index in [0.29, 0.717) is 0 Å². The molecule has 0 radical (unpaired) electrons. The van der Waals surface area contributed by atoms with Crippen molar-refractivity contribution in [2.24, 2.45) is 0 Å². The van der Waals surface area contributed by atoms with Crippen molar-refractivity contribution >= 4 is 21.9 Å². The maximum Gasteiger partial charge on any atom is 0.137 e. The van der Waals surface area contributed by atoms with E-state index in [2.05, 4.69) is 56.3 Å². The number of H-pyrrole nitrogens is 1. The van der Waals surface area contributed by atoms with Gasteiger partial charge in [-0.2, -0.15) is 0 Å². The Bertz CT molecular complexity index is 1190. The molecule has 5 aromatic rings. The Kier molecular flexibility index (Phi) is 3.07. The van der Waals surface area contributed by atoms with Crippen molar-refractivity contribution in [1.29, 1.82) is 0 Å². The number of aromatic nitrogens is 4. The third kappa shape index (κ3) is 2.27. The standard InChI is InChI=1S/C21H14N4/c1-2-20-19(16(5-10-23-20)14-3-8-22-9-4-14)13-15(1)17-6-11-24-21-18(17)7-12-25-21/h1-13H,(H,24,25).